The molecule has 0 N–H and O–H groups in total. The third kappa shape index (κ3) is 5.83. The molecule has 2 heterocycles. The third-order valence-corrected chi connectivity index (χ3v) is 16.0. The van der Waals surface area contributed by atoms with Gasteiger partial charge >= 0.3 is 0 Å². The van der Waals surface area contributed by atoms with Crippen LogP contribution in [0.4, 0.5) is 28.4 Å². The van der Waals surface area contributed by atoms with Crippen molar-refractivity contribution in [1.82, 2.24) is 0 Å². The van der Waals surface area contributed by atoms with Gasteiger partial charge < -0.3 is 9.80 Å². The molecule has 2 heteroatoms. The van der Waals surface area contributed by atoms with E-state index in [1.807, 2.05) is 0 Å². The van der Waals surface area contributed by atoms with Crippen molar-refractivity contribution in [1.29, 1.82) is 0 Å². The van der Waals surface area contributed by atoms with Crippen LogP contribution < -0.4 is 9.80 Å². The number of para-hydroxylation sites is 3. The molecule has 324 valence electrons. The van der Waals surface area contributed by atoms with Crippen LogP contribution in [0.5, 0.6) is 0 Å². The van der Waals surface area contributed by atoms with Crippen molar-refractivity contribution < 1.29 is 0 Å². The Balaban J connectivity index is 0.815. The number of rotatable bonds is 4. The number of hydrogen-bond donors (Lipinski definition) is 0. The van der Waals surface area contributed by atoms with Gasteiger partial charge in [0.25, 0.3) is 0 Å². The monoisotopic (exact) mass is 870 g/mol. The number of benzene rings is 8. The second-order valence-corrected chi connectivity index (χ2v) is 20.1. The molecular weight excluding hydrogens is 821 g/mol. The first-order valence-corrected chi connectivity index (χ1v) is 24.4. The first kappa shape index (κ1) is 39.2. The van der Waals surface area contributed by atoms with Crippen molar-refractivity contribution in [2.75, 3.05) is 9.80 Å². The van der Waals surface area contributed by atoms with Gasteiger partial charge in [-0.05, 0) is 157 Å². The van der Waals surface area contributed by atoms with Crippen LogP contribution in [0, 0.1) is 0 Å². The summed E-state index contributed by atoms with van der Waals surface area (Å²) >= 11 is 0. The minimum Gasteiger partial charge on any atom is -0.313 e. The maximum absolute atomic E-state index is 2.52. The molecular formula is C66H50N2. The molecule has 0 atom stereocenters. The van der Waals surface area contributed by atoms with Crippen LogP contribution in [0.2, 0.25) is 0 Å². The smallest absolute Gasteiger partial charge is 0.0534 e. The van der Waals surface area contributed by atoms with Gasteiger partial charge in [-0.3, -0.25) is 0 Å². The summed E-state index contributed by atoms with van der Waals surface area (Å²) in [5.41, 5.74) is 28.6. The molecule has 8 aromatic rings. The summed E-state index contributed by atoms with van der Waals surface area (Å²) in [7, 11) is 0. The fraction of sp³-hybridized carbons (Fsp3) is 0.121. The molecule has 0 bridgehead atoms. The number of hydrogen-bond acceptors (Lipinski definition) is 2. The van der Waals surface area contributed by atoms with Crippen LogP contribution in [0.25, 0.3) is 52.6 Å². The molecule has 0 saturated carbocycles. The van der Waals surface area contributed by atoms with Crippen LogP contribution in [-0.2, 0) is 23.7 Å². The Kier molecular flexibility index (Phi) is 8.53. The predicted octanol–water partition coefficient (Wildman–Crippen LogP) is 17.0. The summed E-state index contributed by atoms with van der Waals surface area (Å²) in [6.45, 7) is 4.82. The minimum atomic E-state index is -0.159. The highest BCUT2D eigenvalue weighted by Gasteiger charge is 2.47. The fourth-order valence-electron chi connectivity index (χ4n) is 12.7. The van der Waals surface area contributed by atoms with E-state index in [0.29, 0.717) is 0 Å². The Labute approximate surface area is 399 Å². The van der Waals surface area contributed by atoms with E-state index < -0.39 is 0 Å². The van der Waals surface area contributed by atoms with Crippen LogP contribution >= 0.6 is 0 Å². The van der Waals surface area contributed by atoms with E-state index in [1.54, 1.807) is 0 Å². The predicted molar refractivity (Wildman–Crippen MR) is 286 cm³/mol. The van der Waals surface area contributed by atoms with Gasteiger partial charge in [-0.2, -0.15) is 0 Å². The van der Waals surface area contributed by atoms with E-state index in [-0.39, 0.29) is 10.8 Å². The Bertz CT molecular complexity index is 3550. The molecule has 0 radical (unpaired) electrons. The van der Waals surface area contributed by atoms with Crippen LogP contribution in [0.1, 0.15) is 87.9 Å². The van der Waals surface area contributed by atoms with Gasteiger partial charge in [0.15, 0.2) is 0 Å². The second kappa shape index (κ2) is 14.8. The molecule has 14 rings (SSSR count). The topological polar surface area (TPSA) is 6.48 Å². The lowest BCUT2D eigenvalue weighted by molar-refractivity contribution is 0.563. The maximum Gasteiger partial charge on any atom is 0.0534 e. The zero-order chi connectivity index (χ0) is 45.1. The number of allylic oxidation sites excluding steroid dienone is 5. The van der Waals surface area contributed by atoms with E-state index in [1.165, 1.54) is 123 Å². The summed E-state index contributed by atoms with van der Waals surface area (Å²) in [5, 5.41) is 0. The summed E-state index contributed by atoms with van der Waals surface area (Å²) in [6.07, 6.45) is 22.4. The zero-order valence-electron chi connectivity index (χ0n) is 38.5. The number of anilines is 5. The lowest BCUT2D eigenvalue weighted by Crippen LogP contribution is -2.26. The second-order valence-electron chi connectivity index (χ2n) is 20.1. The molecule has 0 fully saturated rings. The van der Waals surface area contributed by atoms with Crippen LogP contribution in [-0.4, -0.2) is 0 Å². The van der Waals surface area contributed by atoms with Crippen molar-refractivity contribution >= 4 is 58.8 Å². The molecule has 0 saturated heterocycles. The first-order chi connectivity index (χ1) is 33.4. The Morgan fingerprint density at radius 3 is 1.50 bits per heavy atom. The highest BCUT2D eigenvalue weighted by molar-refractivity contribution is 5.95. The zero-order valence-corrected chi connectivity index (χ0v) is 38.5. The van der Waals surface area contributed by atoms with Gasteiger partial charge in [0.2, 0.25) is 0 Å². The van der Waals surface area contributed by atoms with Gasteiger partial charge in [-0.25, -0.2) is 0 Å². The summed E-state index contributed by atoms with van der Waals surface area (Å²) in [4.78, 5) is 5.00. The molecule has 0 unspecified atom stereocenters. The van der Waals surface area contributed by atoms with Gasteiger partial charge in [0, 0.05) is 27.9 Å². The number of fused-ring (bicyclic) bond motifs is 12. The molecule has 4 aliphatic carbocycles. The SMILES string of the molecule is CC1(C)c2cc(/C=C/c3ccc4c(c3)C3(Cc5ccccc5C3)c3cc(N5c6ccccc6C=Cc6ccccc65)ccc3-4)ccc2-c2ccc(N3C4=C(C=CCC4)C=Cc4ccccc43)cc21. The summed E-state index contributed by atoms with van der Waals surface area (Å²) in [5.74, 6) is 0. The van der Waals surface area contributed by atoms with Crippen molar-refractivity contribution in [2.24, 2.45) is 0 Å². The summed E-state index contributed by atoms with van der Waals surface area (Å²) in [6, 6.07) is 64.3. The van der Waals surface area contributed by atoms with Gasteiger partial charge in [0.05, 0.1) is 17.1 Å². The van der Waals surface area contributed by atoms with Crippen LogP contribution in [0.15, 0.2) is 199 Å². The average Bonchev–Trinajstić information content (AvgIpc) is 3.86. The molecule has 0 aromatic heterocycles. The lowest BCUT2D eigenvalue weighted by Gasteiger charge is -2.32. The van der Waals surface area contributed by atoms with Gasteiger partial charge in [-0.15, -0.1) is 0 Å². The first-order valence-electron chi connectivity index (χ1n) is 24.4. The summed E-state index contributed by atoms with van der Waals surface area (Å²) < 4.78 is 0. The van der Waals surface area contributed by atoms with Gasteiger partial charge in [-0.1, -0.05) is 190 Å². The highest BCUT2D eigenvalue weighted by atomic mass is 15.2. The lowest BCUT2D eigenvalue weighted by atomic mass is 9.75. The molecule has 6 aliphatic rings. The quantitative estimate of drug-likeness (QED) is 0.163. The standard InChI is InChI=1S/C66H50N2/c1-65(2)57-37-43(25-33-53(57)54-35-31-51(39-58(54)65)67-61-19-9-5-13-45(61)27-28-46-14-6-10-20-62(46)67)23-24-44-26-34-55-56-36-32-52(40-60(56)66(59(55)38-44)41-49-17-3-4-18-50(49)42-66)68-63-21-11-7-15-47(63)29-30-48-16-8-12-22-64(48)68/h3-9,11-19,21-40H,10,20,41-42H2,1-2H3/b24-23+. The van der Waals surface area contributed by atoms with E-state index in [9.17, 15) is 0 Å². The molecule has 1 spiro atoms. The molecule has 2 nitrogen and oxygen atoms in total. The van der Waals surface area contributed by atoms with Crippen LogP contribution in [0.3, 0.4) is 0 Å². The minimum absolute atomic E-state index is 0.155. The van der Waals surface area contributed by atoms with Crippen molar-refractivity contribution in [2.45, 2.75) is 50.4 Å². The van der Waals surface area contributed by atoms with E-state index >= 15 is 0 Å². The van der Waals surface area contributed by atoms with Crippen molar-refractivity contribution in [3.63, 3.8) is 0 Å². The highest BCUT2D eigenvalue weighted by Crippen LogP contribution is 2.58. The van der Waals surface area contributed by atoms with E-state index in [4.69, 9.17) is 0 Å². The molecule has 8 aromatic carbocycles. The third-order valence-electron chi connectivity index (χ3n) is 16.0. The largest absolute Gasteiger partial charge is 0.313 e. The molecule has 68 heavy (non-hydrogen) atoms. The fourth-order valence-corrected chi connectivity index (χ4v) is 12.7. The average molecular weight is 871 g/mol. The van der Waals surface area contributed by atoms with Crippen molar-refractivity contribution in [3.8, 4) is 22.3 Å². The van der Waals surface area contributed by atoms with E-state index in [0.717, 1.165) is 25.7 Å². The van der Waals surface area contributed by atoms with Crippen molar-refractivity contribution in [3.05, 3.63) is 261 Å². The number of nitrogens with zero attached hydrogens (tertiary/aromatic N) is 2. The Morgan fingerprint density at radius 2 is 0.882 bits per heavy atom. The van der Waals surface area contributed by atoms with Gasteiger partial charge in [0.1, 0.15) is 0 Å². The molecule has 2 aliphatic heterocycles. The maximum atomic E-state index is 2.52. The Hall–Kier alpha value is -7.94. The molecule has 0 amide bonds. The Morgan fingerprint density at radius 1 is 0.426 bits per heavy atom. The normalized spacial score (nSPS) is 16.9. The van der Waals surface area contributed by atoms with E-state index in [2.05, 4.69) is 242 Å².